The van der Waals surface area contributed by atoms with Crippen LogP contribution in [-0.2, 0) is 6.42 Å². The van der Waals surface area contributed by atoms with Crippen molar-refractivity contribution in [1.29, 1.82) is 0 Å². The third-order valence-corrected chi connectivity index (χ3v) is 5.68. The SMILES string of the molecule is COc1cc(C)c(C(=O)O)c2c1C[C@H](Sc1nnc(N)s1)B(O)O2. The first-order valence-electron chi connectivity index (χ1n) is 6.94. The zero-order chi connectivity index (χ0) is 17.4. The number of ether oxygens (including phenoxy) is 1. The van der Waals surface area contributed by atoms with E-state index in [0.29, 0.717) is 32.8 Å². The van der Waals surface area contributed by atoms with Crippen LogP contribution >= 0.6 is 23.1 Å². The number of fused-ring (bicyclic) bond motifs is 1. The number of nitrogen functional groups attached to an aromatic ring is 1. The summed E-state index contributed by atoms with van der Waals surface area (Å²) in [7, 11) is 0.325. The largest absolute Gasteiger partial charge is 0.537 e. The van der Waals surface area contributed by atoms with Crippen LogP contribution in [0.25, 0.3) is 0 Å². The number of carboxylic acids is 1. The Morgan fingerprint density at radius 2 is 2.33 bits per heavy atom. The molecule has 126 valence electrons. The normalized spacial score (nSPS) is 16.5. The van der Waals surface area contributed by atoms with Crippen molar-refractivity contribution in [2.75, 3.05) is 12.8 Å². The van der Waals surface area contributed by atoms with Gasteiger partial charge in [0.05, 0.1) is 12.3 Å². The Balaban J connectivity index is 1.99. The van der Waals surface area contributed by atoms with Crippen molar-refractivity contribution >= 4 is 41.3 Å². The molecule has 0 amide bonds. The number of thioether (sulfide) groups is 1. The molecular weight excluding hydrogens is 353 g/mol. The van der Waals surface area contributed by atoms with E-state index in [1.54, 1.807) is 13.0 Å². The lowest BCUT2D eigenvalue weighted by Gasteiger charge is -2.29. The first kappa shape index (κ1) is 16.9. The molecule has 0 saturated heterocycles. The molecule has 1 aromatic heterocycles. The van der Waals surface area contributed by atoms with Crippen LogP contribution in [0.5, 0.6) is 11.5 Å². The van der Waals surface area contributed by atoms with Crippen LogP contribution in [0.3, 0.4) is 0 Å². The highest BCUT2D eigenvalue weighted by molar-refractivity contribution is 8.02. The molecule has 8 nitrogen and oxygen atoms in total. The Bertz CT molecular complexity index is 800. The van der Waals surface area contributed by atoms with Crippen molar-refractivity contribution < 1.29 is 24.3 Å². The molecule has 2 aromatic rings. The number of nitrogens with zero attached hydrogens (tertiary/aromatic N) is 2. The lowest BCUT2D eigenvalue weighted by Crippen LogP contribution is -2.41. The van der Waals surface area contributed by atoms with Crippen LogP contribution < -0.4 is 15.1 Å². The van der Waals surface area contributed by atoms with Gasteiger partial charge < -0.3 is 25.3 Å². The lowest BCUT2D eigenvalue weighted by atomic mass is 9.76. The topological polar surface area (TPSA) is 128 Å². The van der Waals surface area contributed by atoms with Crippen LogP contribution in [0.4, 0.5) is 5.13 Å². The minimum absolute atomic E-state index is 0.0356. The maximum atomic E-state index is 11.5. The van der Waals surface area contributed by atoms with Gasteiger partial charge in [0, 0.05) is 5.56 Å². The summed E-state index contributed by atoms with van der Waals surface area (Å²) in [5.74, 6) is -0.427. The smallest absolute Gasteiger partial charge is 0.534 e. The second kappa shape index (κ2) is 6.50. The second-order valence-electron chi connectivity index (χ2n) is 5.16. The van der Waals surface area contributed by atoms with Crippen molar-refractivity contribution in [1.82, 2.24) is 10.2 Å². The van der Waals surface area contributed by atoms with Crippen molar-refractivity contribution in [2.24, 2.45) is 0 Å². The molecule has 0 radical (unpaired) electrons. The number of anilines is 1. The molecule has 3 rings (SSSR count). The first-order chi connectivity index (χ1) is 11.4. The van der Waals surface area contributed by atoms with E-state index in [1.165, 1.54) is 30.2 Å². The number of aryl methyl sites for hydroxylation is 1. The van der Waals surface area contributed by atoms with E-state index in [2.05, 4.69) is 10.2 Å². The Labute approximate surface area is 146 Å². The van der Waals surface area contributed by atoms with Gasteiger partial charge in [-0.15, -0.1) is 10.2 Å². The quantitative estimate of drug-likeness (QED) is 0.684. The second-order valence-corrected chi connectivity index (χ2v) is 7.65. The molecule has 1 aliphatic heterocycles. The Hall–Kier alpha value is -1.98. The highest BCUT2D eigenvalue weighted by atomic mass is 32.2. The van der Waals surface area contributed by atoms with Gasteiger partial charge in [0.1, 0.15) is 17.1 Å². The van der Waals surface area contributed by atoms with E-state index in [1.807, 2.05) is 0 Å². The minimum Gasteiger partial charge on any atom is -0.534 e. The first-order valence-corrected chi connectivity index (χ1v) is 8.64. The molecule has 1 atom stereocenters. The fraction of sp³-hybridized carbons (Fsp3) is 0.308. The van der Waals surface area contributed by atoms with E-state index in [4.69, 9.17) is 15.1 Å². The molecule has 11 heteroatoms. The van der Waals surface area contributed by atoms with Gasteiger partial charge in [-0.25, -0.2) is 4.79 Å². The molecule has 4 N–H and O–H groups in total. The summed E-state index contributed by atoms with van der Waals surface area (Å²) < 4.78 is 11.5. The van der Waals surface area contributed by atoms with E-state index in [-0.39, 0.29) is 16.5 Å². The molecule has 0 spiro atoms. The highest BCUT2D eigenvalue weighted by Gasteiger charge is 2.40. The average molecular weight is 367 g/mol. The third kappa shape index (κ3) is 3.02. The van der Waals surface area contributed by atoms with Gasteiger partial charge in [0.15, 0.2) is 4.34 Å². The van der Waals surface area contributed by atoms with Crippen LogP contribution in [-0.4, -0.2) is 45.7 Å². The number of hydrogen-bond acceptors (Lipinski definition) is 9. The van der Waals surface area contributed by atoms with Gasteiger partial charge in [-0.05, 0) is 25.0 Å². The summed E-state index contributed by atoms with van der Waals surface area (Å²) in [5, 5.41) is 27.3. The maximum absolute atomic E-state index is 11.5. The summed E-state index contributed by atoms with van der Waals surface area (Å²) in [6, 6.07) is 1.66. The summed E-state index contributed by atoms with van der Waals surface area (Å²) in [6.07, 6.45) is 0.365. The zero-order valence-electron chi connectivity index (χ0n) is 12.8. The van der Waals surface area contributed by atoms with Crippen molar-refractivity contribution in [2.45, 2.75) is 22.8 Å². The number of aromatic carboxylic acids is 1. The fourth-order valence-electron chi connectivity index (χ4n) is 2.57. The number of benzene rings is 1. The van der Waals surface area contributed by atoms with Gasteiger partial charge in [0.2, 0.25) is 5.13 Å². The fourth-order valence-corrected chi connectivity index (χ4v) is 4.50. The minimum atomic E-state index is -1.18. The lowest BCUT2D eigenvalue weighted by molar-refractivity contribution is 0.0693. The average Bonchev–Trinajstić information content (AvgIpc) is 2.92. The van der Waals surface area contributed by atoms with Crippen LogP contribution in [0.15, 0.2) is 10.4 Å². The Morgan fingerprint density at radius 3 is 2.92 bits per heavy atom. The summed E-state index contributed by atoms with van der Waals surface area (Å²) in [6.45, 7) is 1.66. The van der Waals surface area contributed by atoms with Gasteiger partial charge in [-0.2, -0.15) is 0 Å². The number of rotatable bonds is 4. The van der Waals surface area contributed by atoms with Crippen LogP contribution in [0.1, 0.15) is 21.5 Å². The third-order valence-electron chi connectivity index (χ3n) is 3.61. The van der Waals surface area contributed by atoms with Gasteiger partial charge in [0.25, 0.3) is 0 Å². The van der Waals surface area contributed by atoms with E-state index in [9.17, 15) is 14.9 Å². The molecule has 0 saturated carbocycles. The molecule has 1 aliphatic rings. The zero-order valence-corrected chi connectivity index (χ0v) is 14.5. The number of hydrogen-bond donors (Lipinski definition) is 3. The van der Waals surface area contributed by atoms with Crippen molar-refractivity contribution in [3.63, 3.8) is 0 Å². The molecule has 0 unspecified atom stereocenters. The van der Waals surface area contributed by atoms with Gasteiger partial charge >= 0.3 is 13.1 Å². The van der Waals surface area contributed by atoms with E-state index < -0.39 is 13.1 Å². The number of aromatic nitrogens is 2. The van der Waals surface area contributed by atoms with Crippen LogP contribution in [0.2, 0.25) is 0 Å². The van der Waals surface area contributed by atoms with E-state index in [0.717, 1.165) is 0 Å². The Kier molecular flexibility index (Phi) is 4.57. The van der Waals surface area contributed by atoms with Crippen molar-refractivity contribution in [3.8, 4) is 11.5 Å². The molecule has 0 bridgehead atoms. The molecule has 0 aliphatic carbocycles. The molecule has 24 heavy (non-hydrogen) atoms. The number of carboxylic acid groups (broad SMARTS) is 1. The van der Waals surface area contributed by atoms with Gasteiger partial charge in [-0.1, -0.05) is 23.1 Å². The van der Waals surface area contributed by atoms with Gasteiger partial charge in [-0.3, -0.25) is 0 Å². The molecule has 0 fully saturated rings. The maximum Gasteiger partial charge on any atom is 0.537 e. The summed E-state index contributed by atoms with van der Waals surface area (Å²) >= 11 is 2.49. The molecular formula is C13H14BN3O5S2. The van der Waals surface area contributed by atoms with Crippen LogP contribution in [0, 0.1) is 6.92 Å². The monoisotopic (exact) mass is 367 g/mol. The van der Waals surface area contributed by atoms with Crippen molar-refractivity contribution in [3.05, 3.63) is 22.8 Å². The standard InChI is InChI=1S/C13H14BN3O5S2/c1-5-3-7(21-2)6-4-8(23-13-17-16-12(15)24-13)14(20)22-10(6)9(5)11(18)19/h3,8,20H,4H2,1-2H3,(H2,15,16)(H,18,19)/t8-/m0/s1. The predicted molar refractivity (Wildman–Crippen MR) is 91.0 cm³/mol. The predicted octanol–water partition coefficient (Wildman–Crippen LogP) is 1.25. The molecule has 1 aromatic carbocycles. The number of methoxy groups -OCH3 is 1. The number of carbonyl (C=O) groups is 1. The summed E-state index contributed by atoms with van der Waals surface area (Å²) in [4.78, 5) is 11.5. The van der Waals surface area contributed by atoms with E-state index >= 15 is 0 Å². The number of nitrogens with two attached hydrogens (primary N) is 1. The molecule has 2 heterocycles. The highest BCUT2D eigenvalue weighted by Crippen LogP contribution is 2.42. The summed E-state index contributed by atoms with van der Waals surface area (Å²) in [5.41, 5.74) is 6.72. The Morgan fingerprint density at radius 1 is 1.58 bits per heavy atom.